The Morgan fingerprint density at radius 1 is 1.07 bits per heavy atom. The van der Waals surface area contributed by atoms with Gasteiger partial charge in [-0.25, -0.2) is 13.4 Å². The largest absolute Gasteiger partial charge is 0.398 e. The van der Waals surface area contributed by atoms with Crippen LogP contribution in [0.3, 0.4) is 0 Å². The number of nitrogens with zero attached hydrogens (tertiary/aromatic N) is 1. The van der Waals surface area contributed by atoms with Gasteiger partial charge in [0.2, 0.25) is 5.95 Å². The van der Waals surface area contributed by atoms with Gasteiger partial charge in [-0.05, 0) is 66.8 Å². The molecule has 0 fully saturated rings. The van der Waals surface area contributed by atoms with Crippen LogP contribution in [0.1, 0.15) is 23.6 Å². The Balaban J connectivity index is 2.37. The van der Waals surface area contributed by atoms with E-state index in [1.807, 2.05) is 32.9 Å². The van der Waals surface area contributed by atoms with Gasteiger partial charge >= 0.3 is 0 Å². The maximum absolute atomic E-state index is 14.6. The summed E-state index contributed by atoms with van der Waals surface area (Å²) in [5.74, 6) is -0.603. The molecular weight excluding hydrogens is 375 g/mol. The van der Waals surface area contributed by atoms with E-state index < -0.39 is 15.8 Å². The van der Waals surface area contributed by atoms with Crippen LogP contribution < -0.4 is 5.73 Å². The summed E-state index contributed by atoms with van der Waals surface area (Å²) in [6, 6.07) is 10.3. The molecule has 28 heavy (non-hydrogen) atoms. The standard InChI is InChI=1S/C22H23FN2O2S/c1-5-28(26,27)17-8-6-7-16(11-17)18-10-14(3)15(4)21(24)20(18)19-9-13(2)12-25-22(19)23/h6-12H,5,24H2,1-4H3. The van der Waals surface area contributed by atoms with Gasteiger partial charge in [-0.3, -0.25) is 0 Å². The van der Waals surface area contributed by atoms with Crippen molar-refractivity contribution in [3.63, 3.8) is 0 Å². The van der Waals surface area contributed by atoms with Crippen molar-refractivity contribution in [1.82, 2.24) is 4.98 Å². The Kier molecular flexibility index (Phi) is 5.26. The van der Waals surface area contributed by atoms with Gasteiger partial charge in [0, 0.05) is 23.0 Å². The normalized spacial score (nSPS) is 11.6. The van der Waals surface area contributed by atoms with Crippen LogP contribution in [0, 0.1) is 26.7 Å². The summed E-state index contributed by atoms with van der Waals surface area (Å²) in [5.41, 5.74) is 11.7. The van der Waals surface area contributed by atoms with E-state index in [2.05, 4.69) is 4.98 Å². The molecule has 2 aromatic carbocycles. The second kappa shape index (κ2) is 7.36. The van der Waals surface area contributed by atoms with Gasteiger partial charge in [-0.1, -0.05) is 25.1 Å². The van der Waals surface area contributed by atoms with Crippen LogP contribution >= 0.6 is 0 Å². The lowest BCUT2D eigenvalue weighted by atomic mass is 9.89. The minimum Gasteiger partial charge on any atom is -0.398 e. The number of sulfone groups is 1. The van der Waals surface area contributed by atoms with Crippen molar-refractivity contribution in [1.29, 1.82) is 0 Å². The Morgan fingerprint density at radius 3 is 2.46 bits per heavy atom. The fourth-order valence-corrected chi connectivity index (χ4v) is 4.14. The van der Waals surface area contributed by atoms with Crippen LogP contribution in [0.4, 0.5) is 10.1 Å². The molecule has 0 atom stereocenters. The highest BCUT2D eigenvalue weighted by atomic mass is 32.2. The molecule has 6 heteroatoms. The Hall–Kier alpha value is -2.73. The van der Waals surface area contributed by atoms with Gasteiger partial charge in [-0.2, -0.15) is 4.39 Å². The number of nitrogen functional groups attached to an aromatic ring is 1. The second-order valence-electron chi connectivity index (χ2n) is 6.94. The summed E-state index contributed by atoms with van der Waals surface area (Å²) in [4.78, 5) is 4.07. The number of hydrogen-bond acceptors (Lipinski definition) is 4. The zero-order valence-electron chi connectivity index (χ0n) is 16.4. The summed E-state index contributed by atoms with van der Waals surface area (Å²) in [6.45, 7) is 7.25. The number of halogens is 1. The van der Waals surface area contributed by atoms with Gasteiger partial charge in [0.1, 0.15) is 0 Å². The van der Waals surface area contributed by atoms with Crippen molar-refractivity contribution in [2.45, 2.75) is 32.6 Å². The number of rotatable bonds is 4. The third-order valence-electron chi connectivity index (χ3n) is 5.02. The van der Waals surface area contributed by atoms with Crippen LogP contribution in [0.15, 0.2) is 47.5 Å². The number of aryl methyl sites for hydroxylation is 2. The summed E-state index contributed by atoms with van der Waals surface area (Å²) in [6.07, 6.45) is 1.46. The third-order valence-corrected chi connectivity index (χ3v) is 6.76. The Labute approximate surface area is 165 Å². The maximum Gasteiger partial charge on any atom is 0.220 e. The minimum atomic E-state index is -3.37. The number of anilines is 1. The van der Waals surface area contributed by atoms with Crippen molar-refractivity contribution >= 4 is 15.5 Å². The highest BCUT2D eigenvalue weighted by Gasteiger charge is 2.20. The number of aromatic nitrogens is 1. The summed E-state index contributed by atoms with van der Waals surface area (Å²) < 4.78 is 39.3. The molecule has 0 saturated heterocycles. The van der Waals surface area contributed by atoms with Crippen LogP contribution in [-0.4, -0.2) is 19.2 Å². The fraction of sp³-hybridized carbons (Fsp3) is 0.227. The molecule has 3 rings (SSSR count). The van der Waals surface area contributed by atoms with Crippen LogP contribution in [0.5, 0.6) is 0 Å². The first-order valence-corrected chi connectivity index (χ1v) is 10.7. The zero-order chi connectivity index (χ0) is 20.6. The number of nitrogens with two attached hydrogens (primary N) is 1. The van der Waals surface area contributed by atoms with Crippen molar-refractivity contribution in [3.05, 3.63) is 65.2 Å². The second-order valence-corrected chi connectivity index (χ2v) is 9.22. The molecule has 0 aliphatic heterocycles. The van der Waals surface area contributed by atoms with Crippen molar-refractivity contribution in [3.8, 4) is 22.3 Å². The predicted octanol–water partition coefficient (Wildman–Crippen LogP) is 4.86. The maximum atomic E-state index is 14.6. The van der Waals surface area contributed by atoms with E-state index >= 15 is 0 Å². The molecule has 3 aromatic rings. The van der Waals surface area contributed by atoms with Gasteiger partial charge < -0.3 is 5.73 Å². The molecule has 0 amide bonds. The SMILES string of the molecule is CCS(=O)(=O)c1cccc(-c2cc(C)c(C)c(N)c2-c2cc(C)cnc2F)c1. The van der Waals surface area contributed by atoms with E-state index in [0.29, 0.717) is 27.9 Å². The fourth-order valence-electron chi connectivity index (χ4n) is 3.21. The quantitative estimate of drug-likeness (QED) is 0.503. The number of pyridine rings is 1. The molecule has 4 nitrogen and oxygen atoms in total. The van der Waals surface area contributed by atoms with Gasteiger partial charge in [0.15, 0.2) is 9.84 Å². The van der Waals surface area contributed by atoms with Gasteiger partial charge in [0.25, 0.3) is 0 Å². The zero-order valence-corrected chi connectivity index (χ0v) is 17.2. The monoisotopic (exact) mass is 398 g/mol. The number of hydrogen-bond donors (Lipinski definition) is 1. The smallest absolute Gasteiger partial charge is 0.220 e. The molecule has 0 radical (unpaired) electrons. The van der Waals surface area contributed by atoms with Crippen molar-refractivity contribution in [2.24, 2.45) is 0 Å². The highest BCUT2D eigenvalue weighted by Crippen LogP contribution is 2.41. The molecule has 0 spiro atoms. The summed E-state index contributed by atoms with van der Waals surface area (Å²) in [5, 5.41) is 0. The lowest BCUT2D eigenvalue weighted by molar-refractivity contribution is 0.587. The molecular formula is C22H23FN2O2S. The number of benzene rings is 2. The van der Waals surface area contributed by atoms with Crippen molar-refractivity contribution in [2.75, 3.05) is 11.5 Å². The molecule has 1 heterocycles. The molecule has 0 unspecified atom stereocenters. The average molecular weight is 399 g/mol. The summed E-state index contributed by atoms with van der Waals surface area (Å²) in [7, 11) is -3.37. The van der Waals surface area contributed by atoms with Crippen LogP contribution in [0.25, 0.3) is 22.3 Å². The molecule has 0 aliphatic carbocycles. The lowest BCUT2D eigenvalue weighted by Crippen LogP contribution is -2.04. The van der Waals surface area contributed by atoms with E-state index in [1.54, 1.807) is 31.2 Å². The molecule has 146 valence electrons. The molecule has 0 bridgehead atoms. The topological polar surface area (TPSA) is 73.0 Å². The van der Waals surface area contributed by atoms with E-state index in [4.69, 9.17) is 5.73 Å². The van der Waals surface area contributed by atoms with Gasteiger partial charge in [0.05, 0.1) is 10.6 Å². The van der Waals surface area contributed by atoms with Crippen LogP contribution in [-0.2, 0) is 9.84 Å². The van der Waals surface area contributed by atoms with Gasteiger partial charge in [-0.15, -0.1) is 0 Å². The summed E-state index contributed by atoms with van der Waals surface area (Å²) >= 11 is 0. The first-order valence-electron chi connectivity index (χ1n) is 9.01. The third kappa shape index (κ3) is 3.52. The minimum absolute atomic E-state index is 0.00873. The molecule has 0 aliphatic rings. The van der Waals surface area contributed by atoms with Crippen LogP contribution in [0.2, 0.25) is 0 Å². The molecule has 0 saturated carbocycles. The first-order chi connectivity index (χ1) is 13.2. The Bertz CT molecular complexity index is 1170. The van der Waals surface area contributed by atoms with E-state index in [1.165, 1.54) is 6.20 Å². The molecule has 2 N–H and O–H groups in total. The van der Waals surface area contributed by atoms with E-state index in [9.17, 15) is 12.8 Å². The highest BCUT2D eigenvalue weighted by molar-refractivity contribution is 7.91. The van der Waals surface area contributed by atoms with E-state index in [-0.39, 0.29) is 10.6 Å². The first kappa shape index (κ1) is 20.0. The average Bonchev–Trinajstić information content (AvgIpc) is 2.68. The lowest BCUT2D eigenvalue weighted by Gasteiger charge is -2.18. The predicted molar refractivity (Wildman–Crippen MR) is 111 cm³/mol. The molecule has 1 aromatic heterocycles. The van der Waals surface area contributed by atoms with E-state index in [0.717, 1.165) is 16.7 Å². The van der Waals surface area contributed by atoms with Crippen molar-refractivity contribution < 1.29 is 12.8 Å². The Morgan fingerprint density at radius 2 is 1.79 bits per heavy atom.